The highest BCUT2D eigenvalue weighted by molar-refractivity contribution is 9.10. The van der Waals surface area contributed by atoms with Gasteiger partial charge in [0.25, 0.3) is 0 Å². The lowest BCUT2D eigenvalue weighted by atomic mass is 10.2. The van der Waals surface area contributed by atoms with Crippen molar-refractivity contribution >= 4 is 33.4 Å². The van der Waals surface area contributed by atoms with Gasteiger partial charge in [0.05, 0.1) is 7.11 Å². The van der Waals surface area contributed by atoms with E-state index in [4.69, 9.17) is 16.3 Å². The number of alkyl halides is 1. The molecule has 1 aromatic carbocycles. The third kappa shape index (κ3) is 3.72. The monoisotopic (exact) mass is 291 g/mol. The van der Waals surface area contributed by atoms with Gasteiger partial charge in [0.1, 0.15) is 11.6 Å². The number of hydrogen-bond acceptors (Lipinski definition) is 2. The van der Waals surface area contributed by atoms with E-state index in [1.165, 1.54) is 0 Å². The van der Waals surface area contributed by atoms with Crippen LogP contribution >= 0.6 is 27.5 Å². The highest BCUT2D eigenvalue weighted by Gasteiger charge is 2.04. The number of nitrogens with one attached hydrogen (secondary N) is 1. The fourth-order valence-corrected chi connectivity index (χ4v) is 1.54. The summed E-state index contributed by atoms with van der Waals surface area (Å²) >= 11 is 8.76. The summed E-state index contributed by atoms with van der Waals surface area (Å²) in [6.45, 7) is 0.434. The van der Waals surface area contributed by atoms with Crippen LogP contribution in [0.2, 0.25) is 0 Å². The van der Waals surface area contributed by atoms with Gasteiger partial charge < -0.3 is 10.1 Å². The first-order chi connectivity index (χ1) is 7.17. The zero-order chi connectivity index (χ0) is 11.3. The average molecular weight is 293 g/mol. The Morgan fingerprint density at radius 2 is 2.33 bits per heavy atom. The second-order valence-electron chi connectivity index (χ2n) is 2.87. The quantitative estimate of drug-likeness (QED) is 0.865. The Morgan fingerprint density at radius 3 is 2.93 bits per heavy atom. The molecular weight excluding hydrogens is 281 g/mol. The third-order valence-corrected chi connectivity index (χ3v) is 2.87. The predicted molar refractivity (Wildman–Crippen MR) is 63.3 cm³/mol. The van der Waals surface area contributed by atoms with Gasteiger partial charge in [-0.3, -0.25) is 4.79 Å². The molecule has 3 nitrogen and oxygen atoms in total. The molecule has 0 atom stereocenters. The van der Waals surface area contributed by atoms with Crippen molar-refractivity contribution in [1.29, 1.82) is 0 Å². The Hall–Kier alpha value is -0.740. The normalized spacial score (nSPS) is 9.80. The van der Waals surface area contributed by atoms with E-state index in [0.717, 1.165) is 15.8 Å². The van der Waals surface area contributed by atoms with E-state index in [1.54, 1.807) is 7.11 Å². The Kier molecular flexibility index (Phi) is 4.91. The smallest absolute Gasteiger partial charge is 0.235 e. The molecule has 1 rings (SSSR count). The molecule has 0 saturated carbocycles. The molecule has 82 valence electrons. The molecule has 1 amide bonds. The predicted octanol–water partition coefficient (Wildman–Crippen LogP) is 2.31. The van der Waals surface area contributed by atoms with Gasteiger partial charge in [0.15, 0.2) is 0 Å². The summed E-state index contributed by atoms with van der Waals surface area (Å²) in [4.78, 5) is 11.0. The van der Waals surface area contributed by atoms with Gasteiger partial charge in [-0.25, -0.2) is 0 Å². The lowest BCUT2D eigenvalue weighted by Gasteiger charge is -2.07. The second kappa shape index (κ2) is 5.98. The van der Waals surface area contributed by atoms with Crippen LogP contribution in [-0.2, 0) is 11.3 Å². The van der Waals surface area contributed by atoms with Crippen molar-refractivity contribution in [3.63, 3.8) is 0 Å². The maximum Gasteiger partial charge on any atom is 0.235 e. The zero-order valence-corrected chi connectivity index (χ0v) is 10.6. The molecule has 5 heteroatoms. The van der Waals surface area contributed by atoms with Crippen LogP contribution < -0.4 is 10.1 Å². The van der Waals surface area contributed by atoms with Crippen LogP contribution in [0.1, 0.15) is 5.56 Å². The van der Waals surface area contributed by atoms with Gasteiger partial charge in [-0.15, -0.1) is 11.6 Å². The van der Waals surface area contributed by atoms with Crippen LogP contribution in [0, 0.1) is 0 Å². The molecule has 0 aliphatic carbocycles. The molecule has 0 bridgehead atoms. The van der Waals surface area contributed by atoms with Crippen molar-refractivity contribution in [2.45, 2.75) is 6.54 Å². The van der Waals surface area contributed by atoms with Crippen molar-refractivity contribution in [3.05, 3.63) is 28.2 Å². The Balaban J connectivity index is 2.70. The molecule has 15 heavy (non-hydrogen) atoms. The van der Waals surface area contributed by atoms with Gasteiger partial charge >= 0.3 is 0 Å². The number of ether oxygens (including phenoxy) is 1. The van der Waals surface area contributed by atoms with Crippen molar-refractivity contribution in [3.8, 4) is 5.75 Å². The minimum atomic E-state index is -0.189. The molecule has 1 N–H and O–H groups in total. The number of benzene rings is 1. The summed E-state index contributed by atoms with van der Waals surface area (Å²) in [6, 6.07) is 5.58. The average Bonchev–Trinajstić information content (AvgIpc) is 2.27. The van der Waals surface area contributed by atoms with E-state index in [0.29, 0.717) is 6.54 Å². The maximum absolute atomic E-state index is 11.0. The topological polar surface area (TPSA) is 38.3 Å². The highest BCUT2D eigenvalue weighted by Crippen LogP contribution is 2.22. The van der Waals surface area contributed by atoms with Gasteiger partial charge in [-0.1, -0.05) is 15.9 Å². The number of carbonyl (C=O) groups is 1. The first-order valence-corrected chi connectivity index (χ1v) is 5.65. The molecule has 0 aliphatic rings. The molecule has 0 fully saturated rings. The van der Waals surface area contributed by atoms with Gasteiger partial charge in [0.2, 0.25) is 5.91 Å². The van der Waals surface area contributed by atoms with Crippen molar-refractivity contribution in [2.24, 2.45) is 0 Å². The molecule has 0 radical (unpaired) electrons. The minimum absolute atomic E-state index is 0.0262. The summed E-state index contributed by atoms with van der Waals surface area (Å²) < 4.78 is 6.01. The summed E-state index contributed by atoms with van der Waals surface area (Å²) in [7, 11) is 1.60. The molecule has 1 aromatic rings. The molecule has 0 aromatic heterocycles. The molecule has 0 unspecified atom stereocenters. The summed E-state index contributed by atoms with van der Waals surface area (Å²) in [5.41, 5.74) is 0.952. The van der Waals surface area contributed by atoms with Crippen LogP contribution in [0.5, 0.6) is 5.75 Å². The lowest BCUT2D eigenvalue weighted by Crippen LogP contribution is -2.23. The number of methoxy groups -OCH3 is 1. The Morgan fingerprint density at radius 1 is 1.60 bits per heavy atom. The summed E-state index contributed by atoms with van der Waals surface area (Å²) in [6.07, 6.45) is 0. The Labute approximate surface area is 102 Å². The van der Waals surface area contributed by atoms with Crippen molar-refractivity contribution in [2.75, 3.05) is 13.0 Å². The van der Waals surface area contributed by atoms with E-state index in [2.05, 4.69) is 21.2 Å². The molecule has 0 saturated heterocycles. The van der Waals surface area contributed by atoms with Crippen LogP contribution in [0.25, 0.3) is 0 Å². The van der Waals surface area contributed by atoms with E-state index >= 15 is 0 Å². The third-order valence-electron chi connectivity index (χ3n) is 1.85. The fraction of sp³-hybridized carbons (Fsp3) is 0.300. The van der Waals surface area contributed by atoms with Gasteiger partial charge in [-0.05, 0) is 23.8 Å². The number of halogens is 2. The van der Waals surface area contributed by atoms with E-state index in [1.807, 2.05) is 18.2 Å². The second-order valence-corrected chi connectivity index (χ2v) is 3.99. The molecule has 0 heterocycles. The first-order valence-electron chi connectivity index (χ1n) is 4.32. The van der Waals surface area contributed by atoms with Crippen LogP contribution in [-0.4, -0.2) is 18.9 Å². The number of carbonyl (C=O) groups excluding carboxylic acids is 1. The molecule has 0 aliphatic heterocycles. The summed E-state index contributed by atoms with van der Waals surface area (Å²) in [5.74, 6) is 0.543. The number of rotatable bonds is 4. The summed E-state index contributed by atoms with van der Waals surface area (Å²) in [5, 5.41) is 2.68. The van der Waals surface area contributed by atoms with Gasteiger partial charge in [0, 0.05) is 11.0 Å². The van der Waals surface area contributed by atoms with E-state index in [9.17, 15) is 4.79 Å². The highest BCUT2D eigenvalue weighted by atomic mass is 79.9. The van der Waals surface area contributed by atoms with E-state index in [-0.39, 0.29) is 11.8 Å². The number of hydrogen-bond donors (Lipinski definition) is 1. The first kappa shape index (κ1) is 12.3. The van der Waals surface area contributed by atoms with Crippen molar-refractivity contribution in [1.82, 2.24) is 5.32 Å². The lowest BCUT2D eigenvalue weighted by molar-refractivity contribution is -0.118. The van der Waals surface area contributed by atoms with Crippen LogP contribution in [0.4, 0.5) is 0 Å². The molecule has 0 spiro atoms. The van der Waals surface area contributed by atoms with E-state index < -0.39 is 0 Å². The fourth-order valence-electron chi connectivity index (χ4n) is 1.05. The molecular formula is C10H11BrClNO2. The van der Waals surface area contributed by atoms with Crippen LogP contribution in [0.15, 0.2) is 22.7 Å². The van der Waals surface area contributed by atoms with Crippen LogP contribution in [0.3, 0.4) is 0 Å². The number of amides is 1. The van der Waals surface area contributed by atoms with Gasteiger partial charge in [-0.2, -0.15) is 0 Å². The largest absolute Gasteiger partial charge is 0.497 e. The van der Waals surface area contributed by atoms with Crippen molar-refractivity contribution < 1.29 is 9.53 Å². The SMILES string of the molecule is COc1ccc(Br)c(CNC(=O)CCl)c1. The maximum atomic E-state index is 11.0. The minimum Gasteiger partial charge on any atom is -0.497 e. The zero-order valence-electron chi connectivity index (χ0n) is 8.22. The standard InChI is InChI=1S/C10H11BrClNO2/c1-15-8-2-3-9(11)7(4-8)6-13-10(14)5-12/h2-4H,5-6H2,1H3,(H,13,14). The Bertz CT molecular complexity index is 357.